The number of hydrogen-bond donors (Lipinski definition) is 1. The summed E-state index contributed by atoms with van der Waals surface area (Å²) in [5, 5.41) is 0. The molecule has 5 nitrogen and oxygen atoms in total. The Hall–Kier alpha value is -0.810. The van der Waals surface area contributed by atoms with E-state index in [-0.39, 0.29) is 6.09 Å². The predicted molar refractivity (Wildman–Crippen MR) is 84.2 cm³/mol. The highest BCUT2D eigenvalue weighted by molar-refractivity contribution is 5.68. The van der Waals surface area contributed by atoms with Gasteiger partial charge in [-0.25, -0.2) is 4.79 Å². The average Bonchev–Trinajstić information content (AvgIpc) is 2.37. The summed E-state index contributed by atoms with van der Waals surface area (Å²) < 4.78 is 5.43. The lowest BCUT2D eigenvalue weighted by atomic mass is 9.86. The van der Waals surface area contributed by atoms with Crippen molar-refractivity contribution in [3.8, 4) is 0 Å². The molecule has 1 aliphatic heterocycles. The Labute approximate surface area is 128 Å². The van der Waals surface area contributed by atoms with Crippen molar-refractivity contribution in [2.24, 2.45) is 11.7 Å². The van der Waals surface area contributed by atoms with Gasteiger partial charge in [-0.15, -0.1) is 0 Å². The van der Waals surface area contributed by atoms with Gasteiger partial charge in [0.05, 0.1) is 0 Å². The molecular formula is C16H31N3O2. The molecule has 1 heterocycles. The Bertz CT molecular complexity index is 346. The average molecular weight is 297 g/mol. The van der Waals surface area contributed by atoms with E-state index in [2.05, 4.69) is 4.90 Å². The molecule has 2 atom stereocenters. The van der Waals surface area contributed by atoms with Crippen molar-refractivity contribution < 1.29 is 9.53 Å². The lowest BCUT2D eigenvalue weighted by molar-refractivity contribution is 0.0127. The first-order valence-electron chi connectivity index (χ1n) is 8.29. The first kappa shape index (κ1) is 16.6. The van der Waals surface area contributed by atoms with Crippen LogP contribution in [0.15, 0.2) is 0 Å². The Kier molecular flexibility index (Phi) is 5.49. The molecule has 21 heavy (non-hydrogen) atoms. The molecule has 2 fully saturated rings. The fourth-order valence-electron chi connectivity index (χ4n) is 3.30. The van der Waals surface area contributed by atoms with E-state index in [0.717, 1.165) is 45.1 Å². The van der Waals surface area contributed by atoms with E-state index in [1.54, 1.807) is 0 Å². The standard InChI is InChI=1S/C16H31N3O2/c1-16(2,3)21-15(20)19-9-7-18(8-10-19)12-13-5-4-6-14(17)11-13/h13-14H,4-12,17H2,1-3H3/t13-,14-/m1/s1. The molecule has 2 N–H and O–H groups in total. The third-order valence-electron chi connectivity index (χ3n) is 4.36. The topological polar surface area (TPSA) is 58.8 Å². The molecule has 0 aromatic heterocycles. The summed E-state index contributed by atoms with van der Waals surface area (Å²) in [6, 6.07) is 0.395. The minimum atomic E-state index is -0.410. The van der Waals surface area contributed by atoms with Gasteiger partial charge in [-0.2, -0.15) is 0 Å². The SMILES string of the molecule is CC(C)(C)OC(=O)N1CCN(C[C@@H]2CCC[C@@H](N)C2)CC1. The van der Waals surface area contributed by atoms with Crippen LogP contribution in [0.25, 0.3) is 0 Å². The number of rotatable bonds is 2. The Morgan fingerprint density at radius 2 is 1.86 bits per heavy atom. The predicted octanol–water partition coefficient (Wildman–Crippen LogP) is 2.06. The van der Waals surface area contributed by atoms with Crippen molar-refractivity contribution in [2.75, 3.05) is 32.7 Å². The van der Waals surface area contributed by atoms with E-state index in [9.17, 15) is 4.79 Å². The van der Waals surface area contributed by atoms with E-state index in [1.165, 1.54) is 19.3 Å². The van der Waals surface area contributed by atoms with Gasteiger partial charge in [0.25, 0.3) is 0 Å². The van der Waals surface area contributed by atoms with Crippen molar-refractivity contribution in [1.29, 1.82) is 0 Å². The molecule has 1 aliphatic carbocycles. The number of carbonyl (C=O) groups excluding carboxylic acids is 1. The molecule has 0 bridgehead atoms. The number of ether oxygens (including phenoxy) is 1. The lowest BCUT2D eigenvalue weighted by Crippen LogP contribution is -2.51. The van der Waals surface area contributed by atoms with Crippen molar-refractivity contribution in [3.63, 3.8) is 0 Å². The Morgan fingerprint density at radius 3 is 2.43 bits per heavy atom. The zero-order valence-corrected chi connectivity index (χ0v) is 13.8. The zero-order valence-electron chi connectivity index (χ0n) is 13.8. The molecule has 2 aliphatic rings. The van der Waals surface area contributed by atoms with Crippen LogP contribution in [0, 0.1) is 5.92 Å². The maximum absolute atomic E-state index is 12.0. The fourth-order valence-corrected chi connectivity index (χ4v) is 3.30. The second kappa shape index (κ2) is 6.97. The van der Waals surface area contributed by atoms with Crippen LogP contribution in [0.5, 0.6) is 0 Å². The number of nitrogens with zero attached hydrogens (tertiary/aromatic N) is 2. The van der Waals surface area contributed by atoms with Gasteiger partial charge < -0.3 is 15.4 Å². The molecule has 2 rings (SSSR count). The molecule has 0 aromatic rings. The van der Waals surface area contributed by atoms with E-state index in [1.807, 2.05) is 25.7 Å². The number of carbonyl (C=O) groups is 1. The third-order valence-corrected chi connectivity index (χ3v) is 4.36. The largest absolute Gasteiger partial charge is 0.444 e. The molecule has 0 radical (unpaired) electrons. The molecular weight excluding hydrogens is 266 g/mol. The van der Waals surface area contributed by atoms with Gasteiger partial charge >= 0.3 is 6.09 Å². The van der Waals surface area contributed by atoms with Crippen molar-refractivity contribution >= 4 is 6.09 Å². The van der Waals surface area contributed by atoms with Crippen LogP contribution in [-0.2, 0) is 4.74 Å². The fraction of sp³-hybridized carbons (Fsp3) is 0.938. The number of hydrogen-bond acceptors (Lipinski definition) is 4. The quantitative estimate of drug-likeness (QED) is 0.847. The molecule has 1 amide bonds. The minimum Gasteiger partial charge on any atom is -0.444 e. The highest BCUT2D eigenvalue weighted by Gasteiger charge is 2.27. The third kappa shape index (κ3) is 5.47. The molecule has 5 heteroatoms. The summed E-state index contributed by atoms with van der Waals surface area (Å²) in [5.74, 6) is 0.738. The van der Waals surface area contributed by atoms with Crippen LogP contribution in [0.1, 0.15) is 46.5 Å². The number of piperazine rings is 1. The van der Waals surface area contributed by atoms with Crippen molar-refractivity contribution in [2.45, 2.75) is 58.1 Å². The van der Waals surface area contributed by atoms with Crippen LogP contribution in [0.3, 0.4) is 0 Å². The van der Waals surface area contributed by atoms with E-state index in [4.69, 9.17) is 10.5 Å². The molecule has 0 spiro atoms. The smallest absolute Gasteiger partial charge is 0.410 e. The van der Waals surface area contributed by atoms with E-state index >= 15 is 0 Å². The highest BCUT2D eigenvalue weighted by Crippen LogP contribution is 2.24. The first-order chi connectivity index (χ1) is 9.83. The van der Waals surface area contributed by atoms with Crippen LogP contribution in [0.2, 0.25) is 0 Å². The Balaban J connectivity index is 1.71. The van der Waals surface area contributed by atoms with Crippen LogP contribution < -0.4 is 5.73 Å². The zero-order chi connectivity index (χ0) is 15.5. The first-order valence-corrected chi connectivity index (χ1v) is 8.29. The van der Waals surface area contributed by atoms with Gasteiger partial charge in [-0.1, -0.05) is 6.42 Å². The molecule has 0 aromatic carbocycles. The summed E-state index contributed by atoms with van der Waals surface area (Å²) in [6.07, 6.45) is 4.74. The van der Waals surface area contributed by atoms with Crippen LogP contribution in [-0.4, -0.2) is 60.3 Å². The van der Waals surface area contributed by atoms with Gasteiger partial charge in [0.1, 0.15) is 5.60 Å². The van der Waals surface area contributed by atoms with Crippen molar-refractivity contribution in [3.05, 3.63) is 0 Å². The van der Waals surface area contributed by atoms with Gasteiger partial charge in [-0.05, 0) is 46.0 Å². The summed E-state index contributed by atoms with van der Waals surface area (Å²) in [7, 11) is 0. The normalized spacial score (nSPS) is 28.5. The second-order valence-electron chi connectivity index (χ2n) is 7.56. The molecule has 0 unspecified atom stereocenters. The van der Waals surface area contributed by atoms with Crippen LogP contribution in [0.4, 0.5) is 4.79 Å². The summed E-state index contributed by atoms with van der Waals surface area (Å²) in [4.78, 5) is 16.3. The van der Waals surface area contributed by atoms with Gasteiger partial charge in [0, 0.05) is 38.8 Å². The maximum atomic E-state index is 12.0. The summed E-state index contributed by atoms with van der Waals surface area (Å²) in [5.41, 5.74) is 5.65. The van der Waals surface area contributed by atoms with Gasteiger partial charge in [0.2, 0.25) is 0 Å². The van der Waals surface area contributed by atoms with Gasteiger partial charge in [0.15, 0.2) is 0 Å². The lowest BCUT2D eigenvalue weighted by Gasteiger charge is -2.38. The minimum absolute atomic E-state index is 0.179. The van der Waals surface area contributed by atoms with E-state index in [0.29, 0.717) is 6.04 Å². The van der Waals surface area contributed by atoms with E-state index < -0.39 is 5.60 Å². The number of nitrogens with two attached hydrogens (primary N) is 1. The molecule has 1 saturated heterocycles. The Morgan fingerprint density at radius 1 is 1.19 bits per heavy atom. The second-order valence-corrected chi connectivity index (χ2v) is 7.56. The highest BCUT2D eigenvalue weighted by atomic mass is 16.6. The molecule has 1 saturated carbocycles. The summed E-state index contributed by atoms with van der Waals surface area (Å²) in [6.45, 7) is 10.3. The molecule has 122 valence electrons. The van der Waals surface area contributed by atoms with Crippen molar-refractivity contribution in [1.82, 2.24) is 9.80 Å². The maximum Gasteiger partial charge on any atom is 0.410 e. The van der Waals surface area contributed by atoms with Gasteiger partial charge in [-0.3, -0.25) is 4.90 Å². The van der Waals surface area contributed by atoms with Crippen LogP contribution >= 0.6 is 0 Å². The number of amides is 1. The monoisotopic (exact) mass is 297 g/mol. The summed E-state index contributed by atoms with van der Waals surface area (Å²) >= 11 is 0.